The van der Waals surface area contributed by atoms with Crippen molar-refractivity contribution in [3.8, 4) is 5.75 Å². The molecule has 1 N–H and O–H groups in total. The van der Waals surface area contributed by atoms with E-state index in [-0.39, 0.29) is 5.91 Å². The minimum absolute atomic E-state index is 0.185. The van der Waals surface area contributed by atoms with E-state index in [0.29, 0.717) is 17.3 Å². The Morgan fingerprint density at radius 2 is 2.12 bits per heavy atom. The Labute approximate surface area is 147 Å². The number of hydrogen-bond donors (Lipinski definition) is 1. The first-order valence-electron chi connectivity index (χ1n) is 8.49. The molecule has 0 aliphatic heterocycles. The van der Waals surface area contributed by atoms with Gasteiger partial charge >= 0.3 is 0 Å². The van der Waals surface area contributed by atoms with E-state index in [1.54, 1.807) is 0 Å². The molecule has 24 heavy (non-hydrogen) atoms. The van der Waals surface area contributed by atoms with E-state index >= 15 is 0 Å². The summed E-state index contributed by atoms with van der Waals surface area (Å²) in [7, 11) is 0. The summed E-state index contributed by atoms with van der Waals surface area (Å²) in [6, 6.07) is 7.70. The number of aryl methyl sites for hydroxylation is 2. The van der Waals surface area contributed by atoms with Crippen LogP contribution in [0.1, 0.15) is 50.1 Å². The molecule has 2 aromatic rings. The van der Waals surface area contributed by atoms with Crippen molar-refractivity contribution in [3.63, 3.8) is 0 Å². The van der Waals surface area contributed by atoms with Crippen molar-refractivity contribution < 1.29 is 9.53 Å². The molecule has 0 aliphatic carbocycles. The monoisotopic (exact) mass is 347 g/mol. The van der Waals surface area contributed by atoms with Crippen molar-refractivity contribution in [2.75, 3.05) is 5.32 Å². The zero-order valence-corrected chi connectivity index (χ0v) is 15.4. The van der Waals surface area contributed by atoms with Crippen LogP contribution < -0.4 is 10.1 Å². The highest BCUT2D eigenvalue weighted by Crippen LogP contribution is 2.20. The predicted molar refractivity (Wildman–Crippen MR) is 97.7 cm³/mol. The summed E-state index contributed by atoms with van der Waals surface area (Å²) >= 11 is 1.44. The van der Waals surface area contributed by atoms with Crippen LogP contribution in [-0.4, -0.2) is 22.2 Å². The van der Waals surface area contributed by atoms with Crippen molar-refractivity contribution in [2.45, 2.75) is 59.0 Å². The summed E-state index contributed by atoms with van der Waals surface area (Å²) in [6.07, 6.45) is 4.42. The van der Waals surface area contributed by atoms with E-state index in [1.807, 2.05) is 38.1 Å². The smallest absolute Gasteiger partial charge is 0.267 e. The number of benzene rings is 1. The van der Waals surface area contributed by atoms with Crippen LogP contribution in [0.3, 0.4) is 0 Å². The highest BCUT2D eigenvalue weighted by molar-refractivity contribution is 7.15. The molecule has 0 saturated carbocycles. The Kier molecular flexibility index (Phi) is 7.18. The molecule has 6 heteroatoms. The second-order valence-corrected chi connectivity index (χ2v) is 6.84. The van der Waals surface area contributed by atoms with Gasteiger partial charge in [-0.15, -0.1) is 10.2 Å². The molecule has 1 aromatic carbocycles. The number of carbonyl (C=O) groups is 1. The molecule has 130 valence electrons. The third kappa shape index (κ3) is 5.60. The molecule has 5 nitrogen and oxygen atoms in total. The normalized spacial score (nSPS) is 12.0. The largest absolute Gasteiger partial charge is 0.481 e. The van der Waals surface area contributed by atoms with Gasteiger partial charge in [0.05, 0.1) is 0 Å². The van der Waals surface area contributed by atoms with Gasteiger partial charge in [0.1, 0.15) is 10.8 Å². The van der Waals surface area contributed by atoms with E-state index in [2.05, 4.69) is 22.4 Å². The maximum absolute atomic E-state index is 12.4. The molecule has 0 aliphatic rings. The van der Waals surface area contributed by atoms with Crippen LogP contribution in [0.15, 0.2) is 24.3 Å². The topological polar surface area (TPSA) is 64.1 Å². The van der Waals surface area contributed by atoms with Crippen molar-refractivity contribution in [1.29, 1.82) is 0 Å². The molecular weight excluding hydrogens is 322 g/mol. The number of ether oxygens (including phenoxy) is 1. The van der Waals surface area contributed by atoms with Crippen molar-refractivity contribution >= 4 is 22.4 Å². The van der Waals surface area contributed by atoms with E-state index < -0.39 is 6.10 Å². The molecule has 1 heterocycles. The van der Waals surface area contributed by atoms with Crippen LogP contribution in [0.5, 0.6) is 5.75 Å². The minimum atomic E-state index is -0.542. The number of anilines is 1. The fourth-order valence-corrected chi connectivity index (χ4v) is 3.08. The van der Waals surface area contributed by atoms with Gasteiger partial charge in [-0.05, 0) is 37.5 Å². The molecule has 0 saturated heterocycles. The molecular formula is C18H25N3O2S. The molecule has 1 amide bonds. The predicted octanol–water partition coefficient (Wildman–Crippen LogP) is 4.38. The highest BCUT2D eigenvalue weighted by atomic mass is 32.1. The molecule has 2 rings (SSSR count). The average molecular weight is 347 g/mol. The first-order chi connectivity index (χ1) is 11.6. The van der Waals surface area contributed by atoms with Crippen LogP contribution >= 0.6 is 11.3 Å². The van der Waals surface area contributed by atoms with Gasteiger partial charge in [0.25, 0.3) is 5.91 Å². The number of aromatic nitrogens is 2. The second kappa shape index (κ2) is 9.37. The van der Waals surface area contributed by atoms with Gasteiger partial charge in [0.15, 0.2) is 6.10 Å². The van der Waals surface area contributed by atoms with Crippen molar-refractivity contribution in [3.05, 3.63) is 34.8 Å². The van der Waals surface area contributed by atoms with Crippen LogP contribution in [0.4, 0.5) is 5.13 Å². The van der Waals surface area contributed by atoms with Crippen molar-refractivity contribution in [2.24, 2.45) is 0 Å². The Balaban J connectivity index is 1.91. The van der Waals surface area contributed by atoms with Gasteiger partial charge in [0, 0.05) is 6.42 Å². The lowest BCUT2D eigenvalue weighted by molar-refractivity contribution is -0.122. The SMILES string of the molecule is CCCCCc1nnc(NC(=O)C(CC)Oc2cccc(C)c2)s1. The maximum atomic E-state index is 12.4. The Morgan fingerprint density at radius 3 is 2.83 bits per heavy atom. The van der Waals surface area contributed by atoms with Crippen LogP contribution in [0, 0.1) is 6.92 Å². The number of nitrogens with one attached hydrogen (secondary N) is 1. The summed E-state index contributed by atoms with van der Waals surface area (Å²) < 4.78 is 5.81. The molecule has 0 bridgehead atoms. The average Bonchev–Trinajstić information content (AvgIpc) is 3.00. The lowest BCUT2D eigenvalue weighted by Crippen LogP contribution is -2.32. The van der Waals surface area contributed by atoms with Gasteiger partial charge < -0.3 is 4.74 Å². The van der Waals surface area contributed by atoms with Crippen LogP contribution in [0.2, 0.25) is 0 Å². The van der Waals surface area contributed by atoms with Crippen LogP contribution in [-0.2, 0) is 11.2 Å². The molecule has 1 atom stereocenters. The summed E-state index contributed by atoms with van der Waals surface area (Å²) in [5.74, 6) is 0.518. The first kappa shape index (κ1) is 18.4. The fourth-order valence-electron chi connectivity index (χ4n) is 2.29. The standard InChI is InChI=1S/C18H25N3O2S/c1-4-6-7-11-16-20-21-18(24-16)19-17(22)15(5-2)23-14-10-8-9-13(3)12-14/h8-10,12,15H,4-7,11H2,1-3H3,(H,19,21,22). The molecule has 0 spiro atoms. The van der Waals surface area contributed by atoms with Crippen molar-refractivity contribution in [1.82, 2.24) is 10.2 Å². The third-order valence-electron chi connectivity index (χ3n) is 3.62. The third-order valence-corrected chi connectivity index (χ3v) is 4.52. The van der Waals surface area contributed by atoms with Gasteiger partial charge in [-0.1, -0.05) is 50.2 Å². The van der Waals surface area contributed by atoms with E-state index in [4.69, 9.17) is 4.74 Å². The Bertz CT molecular complexity index is 657. The molecule has 1 unspecified atom stereocenters. The minimum Gasteiger partial charge on any atom is -0.481 e. The number of rotatable bonds is 9. The lowest BCUT2D eigenvalue weighted by Gasteiger charge is -2.16. The maximum Gasteiger partial charge on any atom is 0.267 e. The Hall–Kier alpha value is -1.95. The summed E-state index contributed by atoms with van der Waals surface area (Å²) in [6.45, 7) is 6.09. The number of nitrogens with zero attached hydrogens (tertiary/aromatic N) is 2. The quantitative estimate of drug-likeness (QED) is 0.684. The first-order valence-corrected chi connectivity index (χ1v) is 9.30. The van der Waals surface area contributed by atoms with E-state index in [0.717, 1.165) is 23.4 Å². The van der Waals surface area contributed by atoms with Crippen LogP contribution in [0.25, 0.3) is 0 Å². The second-order valence-electron chi connectivity index (χ2n) is 5.78. The zero-order chi connectivity index (χ0) is 17.4. The molecule has 0 fully saturated rings. The fraction of sp³-hybridized carbons (Fsp3) is 0.500. The molecule has 1 aromatic heterocycles. The summed E-state index contributed by atoms with van der Waals surface area (Å²) in [5.41, 5.74) is 1.10. The summed E-state index contributed by atoms with van der Waals surface area (Å²) in [4.78, 5) is 12.4. The number of carbonyl (C=O) groups excluding carboxylic acids is 1. The highest BCUT2D eigenvalue weighted by Gasteiger charge is 2.20. The number of hydrogen-bond acceptors (Lipinski definition) is 5. The number of amides is 1. The summed E-state index contributed by atoms with van der Waals surface area (Å²) in [5, 5.41) is 12.5. The van der Waals surface area contributed by atoms with E-state index in [1.165, 1.54) is 24.2 Å². The van der Waals surface area contributed by atoms with Gasteiger partial charge in [-0.25, -0.2) is 0 Å². The number of unbranched alkanes of at least 4 members (excludes halogenated alkanes) is 2. The van der Waals surface area contributed by atoms with E-state index in [9.17, 15) is 4.79 Å². The zero-order valence-electron chi connectivity index (χ0n) is 14.5. The Morgan fingerprint density at radius 1 is 1.29 bits per heavy atom. The van der Waals surface area contributed by atoms with Gasteiger partial charge in [-0.3, -0.25) is 10.1 Å². The van der Waals surface area contributed by atoms with Gasteiger partial charge in [0.2, 0.25) is 5.13 Å². The lowest BCUT2D eigenvalue weighted by atomic mass is 10.2. The van der Waals surface area contributed by atoms with Gasteiger partial charge in [-0.2, -0.15) is 0 Å². The molecule has 0 radical (unpaired) electrons.